The highest BCUT2D eigenvalue weighted by atomic mass is 35.5. The molecular formula is C13H21Cl2N3O2. The number of hydrogen-bond acceptors (Lipinski definition) is 4. The molecule has 1 N–H and O–H groups in total. The Hall–Kier alpha value is -0.880. The molecule has 0 aromatic heterocycles. The number of nitro benzene ring substituents is 1. The summed E-state index contributed by atoms with van der Waals surface area (Å²) in [4.78, 5) is 13.0. The predicted octanol–water partition coefficient (Wildman–Crippen LogP) is 2.71. The summed E-state index contributed by atoms with van der Waals surface area (Å²) >= 11 is 0. The number of nitrogens with zero attached hydrogens (tertiary/aromatic N) is 2. The summed E-state index contributed by atoms with van der Waals surface area (Å²) in [7, 11) is 0. The first kappa shape index (κ1) is 19.1. The molecule has 1 aromatic carbocycles. The molecule has 1 heterocycles. The Morgan fingerprint density at radius 1 is 1.30 bits per heavy atom. The number of nitrogens with one attached hydrogen (secondary N) is 1. The van der Waals surface area contributed by atoms with Crippen molar-refractivity contribution in [1.82, 2.24) is 10.2 Å². The molecule has 1 aromatic rings. The molecule has 114 valence electrons. The molecule has 0 aliphatic carbocycles. The molecule has 1 saturated heterocycles. The quantitative estimate of drug-likeness (QED) is 0.687. The van der Waals surface area contributed by atoms with E-state index in [1.54, 1.807) is 13.0 Å². The van der Waals surface area contributed by atoms with Gasteiger partial charge in [0.2, 0.25) is 0 Å². The van der Waals surface area contributed by atoms with Crippen LogP contribution in [0, 0.1) is 17.0 Å². The summed E-state index contributed by atoms with van der Waals surface area (Å²) in [6.45, 7) is 7.83. The fraction of sp³-hybridized carbons (Fsp3) is 0.538. The van der Waals surface area contributed by atoms with Gasteiger partial charge in [-0.3, -0.25) is 15.0 Å². The van der Waals surface area contributed by atoms with E-state index < -0.39 is 0 Å². The van der Waals surface area contributed by atoms with Crippen molar-refractivity contribution in [2.24, 2.45) is 0 Å². The van der Waals surface area contributed by atoms with Gasteiger partial charge in [0.25, 0.3) is 5.69 Å². The molecule has 1 aliphatic rings. The van der Waals surface area contributed by atoms with E-state index in [9.17, 15) is 10.1 Å². The van der Waals surface area contributed by atoms with Crippen molar-refractivity contribution in [1.29, 1.82) is 0 Å². The van der Waals surface area contributed by atoms with E-state index in [2.05, 4.69) is 17.1 Å². The van der Waals surface area contributed by atoms with Gasteiger partial charge < -0.3 is 5.32 Å². The zero-order valence-electron chi connectivity index (χ0n) is 11.7. The molecule has 0 amide bonds. The normalized spacial score (nSPS) is 16.7. The third kappa shape index (κ3) is 4.31. The second-order valence-electron chi connectivity index (χ2n) is 4.76. The lowest BCUT2D eigenvalue weighted by Crippen LogP contribution is -2.44. The molecule has 5 nitrogen and oxygen atoms in total. The topological polar surface area (TPSA) is 58.4 Å². The van der Waals surface area contributed by atoms with Crippen LogP contribution < -0.4 is 5.32 Å². The van der Waals surface area contributed by atoms with Crippen LogP contribution >= 0.6 is 24.8 Å². The number of rotatable bonds is 3. The molecule has 0 unspecified atom stereocenters. The lowest BCUT2D eigenvalue weighted by Gasteiger charge is -2.33. The van der Waals surface area contributed by atoms with Gasteiger partial charge in [0.15, 0.2) is 0 Å². The van der Waals surface area contributed by atoms with Gasteiger partial charge in [-0.1, -0.05) is 12.1 Å². The highest BCUT2D eigenvalue weighted by molar-refractivity contribution is 5.85. The minimum absolute atomic E-state index is 0. The van der Waals surface area contributed by atoms with E-state index in [0.29, 0.717) is 0 Å². The molecule has 0 bridgehead atoms. The van der Waals surface area contributed by atoms with Gasteiger partial charge in [0, 0.05) is 43.9 Å². The average molecular weight is 322 g/mol. The third-order valence-electron chi connectivity index (χ3n) is 3.61. The highest BCUT2D eigenvalue weighted by Crippen LogP contribution is 2.26. The molecule has 7 heteroatoms. The summed E-state index contributed by atoms with van der Waals surface area (Å²) in [5, 5.41) is 14.3. The summed E-state index contributed by atoms with van der Waals surface area (Å²) < 4.78 is 0. The Labute approximate surface area is 131 Å². The Morgan fingerprint density at radius 3 is 2.45 bits per heavy atom. The van der Waals surface area contributed by atoms with Gasteiger partial charge in [-0.2, -0.15) is 0 Å². The first-order valence-corrected chi connectivity index (χ1v) is 6.29. The van der Waals surface area contributed by atoms with Crippen LogP contribution in [0.2, 0.25) is 0 Å². The van der Waals surface area contributed by atoms with Gasteiger partial charge in [-0.05, 0) is 19.4 Å². The summed E-state index contributed by atoms with van der Waals surface area (Å²) in [6.07, 6.45) is 0. The minimum atomic E-state index is -0.302. The van der Waals surface area contributed by atoms with Crippen LogP contribution in [0.5, 0.6) is 0 Å². The standard InChI is InChI=1S/C13H19N3O2.2ClH/c1-10-3-4-12(9-13(10)16(17)18)11(2)15-7-5-14-6-8-15;;/h3-4,9,11,14H,5-8H2,1-2H3;2*1H/t11-;;/m0../s1. The largest absolute Gasteiger partial charge is 0.314 e. The third-order valence-corrected chi connectivity index (χ3v) is 3.61. The second kappa shape index (κ2) is 8.42. The zero-order valence-corrected chi connectivity index (χ0v) is 13.3. The van der Waals surface area contributed by atoms with Gasteiger partial charge in [-0.25, -0.2) is 0 Å². The Kier molecular flexibility index (Phi) is 8.05. The molecule has 0 spiro atoms. The van der Waals surface area contributed by atoms with Crippen LogP contribution in [0.3, 0.4) is 0 Å². The molecular weight excluding hydrogens is 301 g/mol. The second-order valence-corrected chi connectivity index (χ2v) is 4.76. The number of piperazine rings is 1. The molecule has 0 saturated carbocycles. The fourth-order valence-electron chi connectivity index (χ4n) is 2.36. The van der Waals surface area contributed by atoms with Gasteiger partial charge in [0.1, 0.15) is 0 Å². The van der Waals surface area contributed by atoms with Gasteiger partial charge in [0.05, 0.1) is 4.92 Å². The predicted molar refractivity (Wildman–Crippen MR) is 85.2 cm³/mol. The summed E-state index contributed by atoms with van der Waals surface area (Å²) in [5.41, 5.74) is 1.96. The van der Waals surface area contributed by atoms with Crippen molar-refractivity contribution in [2.75, 3.05) is 26.2 Å². The summed E-state index contributed by atoms with van der Waals surface area (Å²) in [6, 6.07) is 5.77. The van der Waals surface area contributed by atoms with Crippen molar-refractivity contribution in [3.05, 3.63) is 39.4 Å². The number of nitro groups is 1. The van der Waals surface area contributed by atoms with E-state index in [-0.39, 0.29) is 41.5 Å². The Balaban J connectivity index is 0.00000180. The summed E-state index contributed by atoms with van der Waals surface area (Å²) in [5.74, 6) is 0. The van der Waals surface area contributed by atoms with Crippen molar-refractivity contribution >= 4 is 30.5 Å². The molecule has 20 heavy (non-hydrogen) atoms. The Bertz CT molecular complexity index is 451. The van der Waals surface area contributed by atoms with Crippen LogP contribution in [0.25, 0.3) is 0 Å². The SMILES string of the molecule is Cc1ccc([C@H](C)N2CCNCC2)cc1[N+](=O)[O-].Cl.Cl. The number of halogens is 2. The Morgan fingerprint density at radius 2 is 1.90 bits per heavy atom. The molecule has 0 radical (unpaired) electrons. The van der Waals surface area contributed by atoms with E-state index >= 15 is 0 Å². The van der Waals surface area contributed by atoms with Crippen LogP contribution in [0.15, 0.2) is 18.2 Å². The fourth-order valence-corrected chi connectivity index (χ4v) is 2.36. The smallest absolute Gasteiger partial charge is 0.272 e. The molecule has 1 fully saturated rings. The average Bonchev–Trinajstić information content (AvgIpc) is 2.39. The van der Waals surface area contributed by atoms with E-state index in [4.69, 9.17) is 0 Å². The molecule has 2 rings (SSSR count). The van der Waals surface area contributed by atoms with E-state index in [0.717, 1.165) is 37.3 Å². The number of benzene rings is 1. The lowest BCUT2D eigenvalue weighted by atomic mass is 10.0. The zero-order chi connectivity index (χ0) is 13.1. The molecule has 1 aliphatic heterocycles. The van der Waals surface area contributed by atoms with E-state index in [1.165, 1.54) is 0 Å². The maximum absolute atomic E-state index is 11.0. The van der Waals surface area contributed by atoms with Crippen LogP contribution in [-0.2, 0) is 0 Å². The van der Waals surface area contributed by atoms with Crippen LogP contribution in [0.4, 0.5) is 5.69 Å². The monoisotopic (exact) mass is 321 g/mol. The van der Waals surface area contributed by atoms with Crippen LogP contribution in [0.1, 0.15) is 24.1 Å². The first-order chi connectivity index (χ1) is 8.59. The maximum Gasteiger partial charge on any atom is 0.272 e. The maximum atomic E-state index is 11.0. The van der Waals surface area contributed by atoms with E-state index in [1.807, 2.05) is 12.1 Å². The van der Waals surface area contributed by atoms with Crippen molar-refractivity contribution in [3.8, 4) is 0 Å². The van der Waals surface area contributed by atoms with Gasteiger partial charge in [-0.15, -0.1) is 24.8 Å². The van der Waals surface area contributed by atoms with Crippen molar-refractivity contribution in [2.45, 2.75) is 19.9 Å². The molecule has 1 atom stereocenters. The van der Waals surface area contributed by atoms with Gasteiger partial charge >= 0.3 is 0 Å². The van der Waals surface area contributed by atoms with Crippen LogP contribution in [-0.4, -0.2) is 36.0 Å². The number of aryl methyl sites for hydroxylation is 1. The first-order valence-electron chi connectivity index (χ1n) is 6.29. The minimum Gasteiger partial charge on any atom is -0.314 e. The van der Waals surface area contributed by atoms with Crippen molar-refractivity contribution < 1.29 is 4.92 Å². The highest BCUT2D eigenvalue weighted by Gasteiger charge is 2.20. The lowest BCUT2D eigenvalue weighted by molar-refractivity contribution is -0.385. The van der Waals surface area contributed by atoms with Crippen molar-refractivity contribution in [3.63, 3.8) is 0 Å². The number of hydrogen-bond donors (Lipinski definition) is 1.